The van der Waals surface area contributed by atoms with Crippen LogP contribution in [0.25, 0.3) is 0 Å². The first kappa shape index (κ1) is 24.6. The van der Waals surface area contributed by atoms with Crippen molar-refractivity contribution in [3.05, 3.63) is 47.5 Å². The largest absolute Gasteiger partial charge is 0.478 e. The van der Waals surface area contributed by atoms with Crippen LogP contribution in [0.3, 0.4) is 0 Å². The molecular formula is C20H27F3N2O4. The van der Waals surface area contributed by atoms with Crippen molar-refractivity contribution in [3.63, 3.8) is 0 Å². The van der Waals surface area contributed by atoms with E-state index in [1.165, 1.54) is 12.1 Å². The minimum Gasteiger partial charge on any atom is -0.478 e. The first-order valence-electron chi connectivity index (χ1n) is 9.39. The van der Waals surface area contributed by atoms with Gasteiger partial charge in [-0.25, -0.2) is 9.59 Å². The van der Waals surface area contributed by atoms with Crippen molar-refractivity contribution in [1.29, 1.82) is 0 Å². The fourth-order valence-corrected chi connectivity index (χ4v) is 3.15. The number of carbonyl (C=O) groups is 2. The van der Waals surface area contributed by atoms with Gasteiger partial charge < -0.3 is 15.5 Å². The maximum atomic E-state index is 13.1. The molecule has 2 rings (SSSR count). The standard InChI is InChI=1S/C16H23F3N2.C4H4O4/c1-2-11-21(14-7-9-20-10-8-14)12-13-5-3-4-6-15(13)16(17,18)19;5-3(6)1-2-4(7)8/h3-6,14,20H,2,7-12H2,1H3;1-2H,(H,5,6)(H,7,8)/b;2-1+. The smallest absolute Gasteiger partial charge is 0.416 e. The van der Waals surface area contributed by atoms with Gasteiger partial charge in [0.25, 0.3) is 0 Å². The van der Waals surface area contributed by atoms with Crippen LogP contribution < -0.4 is 5.32 Å². The van der Waals surface area contributed by atoms with Crippen LogP contribution in [0.15, 0.2) is 36.4 Å². The van der Waals surface area contributed by atoms with Crippen molar-refractivity contribution in [1.82, 2.24) is 10.2 Å². The summed E-state index contributed by atoms with van der Waals surface area (Å²) in [5.41, 5.74) is -0.114. The number of halogens is 3. The molecule has 0 unspecified atom stereocenters. The number of hydrogen-bond donors (Lipinski definition) is 3. The third-order valence-electron chi connectivity index (χ3n) is 4.40. The molecule has 1 aromatic rings. The van der Waals surface area contributed by atoms with E-state index in [-0.39, 0.29) is 0 Å². The van der Waals surface area contributed by atoms with Gasteiger partial charge in [-0.2, -0.15) is 13.2 Å². The summed E-state index contributed by atoms with van der Waals surface area (Å²) < 4.78 is 39.3. The maximum Gasteiger partial charge on any atom is 0.416 e. The Labute approximate surface area is 168 Å². The van der Waals surface area contributed by atoms with Crippen molar-refractivity contribution >= 4 is 11.9 Å². The van der Waals surface area contributed by atoms with Crippen LogP contribution in [0, 0.1) is 0 Å². The number of carboxylic acid groups (broad SMARTS) is 2. The summed E-state index contributed by atoms with van der Waals surface area (Å²) in [5, 5.41) is 18.9. The van der Waals surface area contributed by atoms with Gasteiger partial charge in [-0.15, -0.1) is 0 Å². The molecule has 0 radical (unpaired) electrons. The van der Waals surface area contributed by atoms with Crippen LogP contribution in [-0.2, 0) is 22.3 Å². The Morgan fingerprint density at radius 1 is 1.14 bits per heavy atom. The molecule has 0 aliphatic carbocycles. The van der Waals surface area contributed by atoms with Crippen LogP contribution in [0.4, 0.5) is 13.2 Å². The SMILES string of the molecule is CCCN(Cc1ccccc1C(F)(F)F)C1CCNCC1.O=C(O)/C=C/C(=O)O. The number of benzene rings is 1. The van der Waals surface area contributed by atoms with Gasteiger partial charge in [0.05, 0.1) is 5.56 Å². The molecule has 6 nitrogen and oxygen atoms in total. The highest BCUT2D eigenvalue weighted by molar-refractivity contribution is 5.89. The minimum atomic E-state index is -4.28. The predicted molar refractivity (Wildman–Crippen MR) is 102 cm³/mol. The Balaban J connectivity index is 0.000000447. The van der Waals surface area contributed by atoms with Gasteiger partial charge in [0, 0.05) is 24.7 Å². The van der Waals surface area contributed by atoms with Crippen LogP contribution in [0.1, 0.15) is 37.3 Å². The third kappa shape index (κ3) is 9.58. The van der Waals surface area contributed by atoms with Gasteiger partial charge >= 0.3 is 18.1 Å². The van der Waals surface area contributed by atoms with Gasteiger partial charge in [-0.05, 0) is 50.5 Å². The quantitative estimate of drug-likeness (QED) is 0.591. The molecule has 1 heterocycles. The Bertz CT molecular complexity index is 671. The molecule has 0 amide bonds. The Morgan fingerprint density at radius 2 is 1.69 bits per heavy atom. The van der Waals surface area contributed by atoms with Gasteiger partial charge in [0.15, 0.2) is 0 Å². The molecular weight excluding hydrogens is 389 g/mol. The molecule has 0 aromatic heterocycles. The van der Waals surface area contributed by atoms with Crippen molar-refractivity contribution in [2.24, 2.45) is 0 Å². The van der Waals surface area contributed by atoms with Gasteiger partial charge in [-0.3, -0.25) is 4.90 Å². The second kappa shape index (κ2) is 12.2. The molecule has 3 N–H and O–H groups in total. The van der Waals surface area contributed by atoms with E-state index in [1.807, 2.05) is 0 Å². The molecule has 162 valence electrons. The number of alkyl halides is 3. The molecule has 1 saturated heterocycles. The normalized spacial score (nSPS) is 15.2. The van der Waals surface area contributed by atoms with Gasteiger partial charge in [0.2, 0.25) is 0 Å². The highest BCUT2D eigenvalue weighted by Gasteiger charge is 2.33. The lowest BCUT2D eigenvalue weighted by Gasteiger charge is -2.35. The highest BCUT2D eigenvalue weighted by atomic mass is 19.4. The van der Waals surface area contributed by atoms with E-state index in [0.717, 1.165) is 38.9 Å². The maximum absolute atomic E-state index is 13.1. The topological polar surface area (TPSA) is 89.9 Å². The molecule has 0 bridgehead atoms. The Kier molecular flexibility index (Phi) is 10.4. The zero-order chi connectivity index (χ0) is 21.9. The molecule has 0 spiro atoms. The average Bonchev–Trinajstić information content (AvgIpc) is 2.67. The van der Waals surface area contributed by atoms with Crippen LogP contribution in [0.2, 0.25) is 0 Å². The number of nitrogens with zero attached hydrogens (tertiary/aromatic N) is 1. The molecule has 1 fully saturated rings. The molecule has 29 heavy (non-hydrogen) atoms. The van der Waals surface area contributed by atoms with E-state index < -0.39 is 23.7 Å². The second-order valence-electron chi connectivity index (χ2n) is 6.62. The summed E-state index contributed by atoms with van der Waals surface area (Å²) in [4.78, 5) is 21.3. The van der Waals surface area contributed by atoms with Crippen LogP contribution >= 0.6 is 0 Å². The Hall–Kier alpha value is -2.39. The van der Waals surface area contributed by atoms with Crippen LogP contribution in [-0.4, -0.2) is 52.7 Å². The summed E-state index contributed by atoms with van der Waals surface area (Å²) in [5.74, 6) is -2.51. The molecule has 0 atom stereocenters. The summed E-state index contributed by atoms with van der Waals surface area (Å²) in [7, 11) is 0. The third-order valence-corrected chi connectivity index (χ3v) is 4.40. The highest BCUT2D eigenvalue weighted by Crippen LogP contribution is 2.33. The summed E-state index contributed by atoms with van der Waals surface area (Å²) in [6, 6.07) is 6.32. The van der Waals surface area contributed by atoms with Crippen molar-refractivity contribution in [3.8, 4) is 0 Å². The fourth-order valence-electron chi connectivity index (χ4n) is 3.15. The second-order valence-corrected chi connectivity index (χ2v) is 6.62. The lowest BCUT2D eigenvalue weighted by atomic mass is 10.0. The van der Waals surface area contributed by atoms with Crippen molar-refractivity contribution < 1.29 is 33.0 Å². The number of rotatable bonds is 7. The summed E-state index contributed by atoms with van der Waals surface area (Å²) in [6.45, 7) is 5.20. The number of aliphatic carboxylic acids is 2. The van der Waals surface area contributed by atoms with Gasteiger partial charge in [-0.1, -0.05) is 25.1 Å². The zero-order valence-electron chi connectivity index (χ0n) is 16.3. The monoisotopic (exact) mass is 416 g/mol. The number of hydrogen-bond acceptors (Lipinski definition) is 4. The van der Waals surface area contributed by atoms with Gasteiger partial charge in [0.1, 0.15) is 0 Å². The van der Waals surface area contributed by atoms with E-state index in [1.54, 1.807) is 12.1 Å². The molecule has 0 saturated carbocycles. The van der Waals surface area contributed by atoms with E-state index in [9.17, 15) is 22.8 Å². The average molecular weight is 416 g/mol. The van der Waals surface area contributed by atoms with E-state index in [4.69, 9.17) is 10.2 Å². The van der Waals surface area contributed by atoms with E-state index in [0.29, 0.717) is 30.3 Å². The van der Waals surface area contributed by atoms with Crippen molar-refractivity contribution in [2.75, 3.05) is 19.6 Å². The zero-order valence-corrected chi connectivity index (χ0v) is 16.3. The molecule has 1 aromatic carbocycles. The summed E-state index contributed by atoms with van der Waals surface area (Å²) >= 11 is 0. The number of nitrogens with one attached hydrogen (secondary N) is 1. The van der Waals surface area contributed by atoms with Crippen molar-refractivity contribution in [2.45, 2.75) is 44.9 Å². The predicted octanol–water partition coefficient (Wildman–Crippen LogP) is 3.38. The lowest BCUT2D eigenvalue weighted by Crippen LogP contribution is -2.43. The lowest BCUT2D eigenvalue weighted by molar-refractivity contribution is -0.138. The number of carboxylic acids is 2. The number of piperidine rings is 1. The molecule has 1 aliphatic rings. The molecule has 1 aliphatic heterocycles. The first-order valence-corrected chi connectivity index (χ1v) is 9.39. The van der Waals surface area contributed by atoms with Crippen LogP contribution in [0.5, 0.6) is 0 Å². The minimum absolute atomic E-state index is 0.382. The van der Waals surface area contributed by atoms with E-state index in [2.05, 4.69) is 17.1 Å². The van der Waals surface area contributed by atoms with E-state index >= 15 is 0 Å². The Morgan fingerprint density at radius 3 is 2.17 bits per heavy atom. The first-order chi connectivity index (χ1) is 13.6. The molecule has 9 heteroatoms. The fraction of sp³-hybridized carbons (Fsp3) is 0.500. The summed E-state index contributed by atoms with van der Waals surface area (Å²) in [6.07, 6.45) is -0.187.